The van der Waals surface area contributed by atoms with Gasteiger partial charge in [-0.1, -0.05) is 437 Å². The van der Waals surface area contributed by atoms with Crippen LogP contribution in [-0.4, -0.2) is 0 Å². The highest BCUT2D eigenvalue weighted by Gasteiger charge is 2.32. The lowest BCUT2D eigenvalue weighted by Crippen LogP contribution is -1.99. The van der Waals surface area contributed by atoms with Crippen molar-refractivity contribution in [3.05, 3.63) is 504 Å². The van der Waals surface area contributed by atoms with Gasteiger partial charge in [0.15, 0.2) is 0 Å². The van der Waals surface area contributed by atoms with Gasteiger partial charge in [-0.3, -0.25) is 0 Å². The van der Waals surface area contributed by atoms with Crippen molar-refractivity contribution in [3.8, 4) is 134 Å². The molecule has 0 aromatic heterocycles. The van der Waals surface area contributed by atoms with E-state index in [1.165, 1.54) is 297 Å². The zero-order valence-corrected chi connectivity index (χ0v) is 80.6. The monoisotopic (exact) mass is 1760 g/mol. The summed E-state index contributed by atoms with van der Waals surface area (Å²) in [7, 11) is 0. The highest BCUT2D eigenvalue weighted by Crippen LogP contribution is 2.59. The molecule has 0 unspecified atom stereocenters. The summed E-state index contributed by atoms with van der Waals surface area (Å²) < 4.78 is 0. The number of hydrogen-bond donors (Lipinski definition) is 0. The summed E-state index contributed by atoms with van der Waals surface area (Å²) in [6.45, 7) is 26.8. The van der Waals surface area contributed by atoms with E-state index in [1.807, 2.05) is 0 Å². The van der Waals surface area contributed by atoms with Crippen LogP contribution in [-0.2, 0) is 0 Å². The predicted octanol–water partition coefficient (Wildman–Crippen LogP) is 39.1. The van der Waals surface area contributed by atoms with Gasteiger partial charge in [0.1, 0.15) is 0 Å². The Bertz CT molecular complexity index is 8390. The van der Waals surface area contributed by atoms with Crippen molar-refractivity contribution in [2.24, 2.45) is 0 Å². The average Bonchev–Trinajstić information content (AvgIpc) is 0.705. The zero-order valence-electron chi connectivity index (χ0n) is 80.6. The summed E-state index contributed by atoms with van der Waals surface area (Å²) in [6.07, 6.45) is 0. The lowest BCUT2D eigenvalue weighted by molar-refractivity contribution is 1.34. The number of fused-ring (bicyclic) bond motifs is 9. The molecule has 0 N–H and O–H groups in total. The van der Waals surface area contributed by atoms with Crippen LogP contribution >= 0.6 is 0 Å². The Balaban J connectivity index is 0.000000119. The van der Waals surface area contributed by atoms with Crippen LogP contribution < -0.4 is 0 Å². The molecule has 0 heteroatoms. The number of benzene rings is 24. The summed E-state index contributed by atoms with van der Waals surface area (Å²) in [5, 5.41) is 23.2. The molecule has 0 radical (unpaired) electrons. The fourth-order valence-electron chi connectivity index (χ4n) is 22.0. The van der Waals surface area contributed by atoms with Crippen molar-refractivity contribution in [3.63, 3.8) is 0 Å². The third-order valence-corrected chi connectivity index (χ3v) is 29.6. The summed E-state index contributed by atoms with van der Waals surface area (Å²) in [6, 6.07) is 162. The van der Waals surface area contributed by atoms with Crippen molar-refractivity contribution in [1.82, 2.24) is 0 Å². The lowest BCUT2D eigenvalue weighted by Gasteiger charge is -2.26. The third kappa shape index (κ3) is 15.3. The Labute approximate surface area is 811 Å². The quantitative estimate of drug-likeness (QED) is 0.107. The van der Waals surface area contributed by atoms with Crippen molar-refractivity contribution < 1.29 is 0 Å². The maximum Gasteiger partial charge on any atom is -0.000139 e. The SMILES string of the molecule is Cc1cc2c(-c3ccccc3)c3c(-c4ccccc4)c4cc(C)c(C)cc4c(-c4ccccc4)c3c(-c3ccccc3)c2cc1C.Cc1ccc(-c2c3ccccc3c(-c3ccccc3)c3c(-c4ccc(C)c(C)c4)c4ccccc4c(-c4ccccc4)c23)cc1C.Cc1ccc(-c2c3ccccc3c(-c3ccccc3)c3c(-c4ccccc4)c4cc(C)c(C)cc4c(-c4ccccc4)c23)cc1C. The first-order valence-corrected chi connectivity index (χ1v) is 48.6. The van der Waals surface area contributed by atoms with E-state index in [0.29, 0.717) is 0 Å². The Morgan fingerprint density at radius 2 is 0.203 bits per heavy atom. The van der Waals surface area contributed by atoms with Gasteiger partial charge in [-0.15, -0.1) is 0 Å². The Kier molecular flexibility index (Phi) is 23.0. The Morgan fingerprint density at radius 3 is 0.341 bits per heavy atom. The molecule has 0 fully saturated rings. The van der Waals surface area contributed by atoms with E-state index in [0.717, 1.165) is 0 Å². The minimum atomic E-state index is 1.23. The molecule has 660 valence electrons. The molecular weight excluding hydrogens is 1660 g/mol. The van der Waals surface area contributed by atoms with Crippen LogP contribution in [0, 0.1) is 83.1 Å². The second-order valence-electron chi connectivity index (χ2n) is 38.0. The van der Waals surface area contributed by atoms with E-state index in [1.54, 1.807) is 0 Å². The Morgan fingerprint density at radius 1 is 0.0870 bits per heavy atom. The highest BCUT2D eigenvalue weighted by atomic mass is 14.3. The molecule has 0 spiro atoms. The molecule has 138 heavy (non-hydrogen) atoms. The average molecular weight is 1770 g/mol. The molecule has 24 aromatic carbocycles. The molecule has 0 aliphatic rings. The molecule has 24 aromatic rings. The maximum absolute atomic E-state index is 2.43. The normalized spacial score (nSPS) is 11.5. The van der Waals surface area contributed by atoms with Gasteiger partial charge in [-0.25, -0.2) is 0 Å². The van der Waals surface area contributed by atoms with E-state index in [-0.39, 0.29) is 0 Å². The number of hydrogen-bond acceptors (Lipinski definition) is 0. The molecule has 0 nitrogen and oxygen atoms in total. The van der Waals surface area contributed by atoms with Crippen molar-refractivity contribution >= 4 is 97.0 Å². The minimum Gasteiger partial charge on any atom is -0.0622 e. The fraction of sp³-hybridized carbons (Fsp3) is 0.0870. The van der Waals surface area contributed by atoms with E-state index < -0.39 is 0 Å². The highest BCUT2D eigenvalue weighted by molar-refractivity contribution is 6.38. The first-order valence-electron chi connectivity index (χ1n) is 48.6. The summed E-state index contributed by atoms with van der Waals surface area (Å²) in [4.78, 5) is 0. The molecule has 0 aliphatic carbocycles. The molecule has 0 bridgehead atoms. The Hall–Kier alpha value is -16.4. The topological polar surface area (TPSA) is 0 Å². The van der Waals surface area contributed by atoms with Gasteiger partial charge in [0.25, 0.3) is 0 Å². The molecule has 24 rings (SSSR count). The van der Waals surface area contributed by atoms with Crippen LogP contribution in [0.5, 0.6) is 0 Å². The van der Waals surface area contributed by atoms with Crippen LogP contribution in [0.1, 0.15) is 66.8 Å². The molecule has 0 amide bonds. The van der Waals surface area contributed by atoms with Crippen LogP contribution in [0.3, 0.4) is 0 Å². The van der Waals surface area contributed by atoms with Gasteiger partial charge in [0, 0.05) is 0 Å². The van der Waals surface area contributed by atoms with Crippen molar-refractivity contribution in [2.45, 2.75) is 83.1 Å². The first kappa shape index (κ1) is 87.0. The zero-order chi connectivity index (χ0) is 94.1. The first-order chi connectivity index (χ1) is 67.5. The molecule has 0 saturated heterocycles. The van der Waals surface area contributed by atoms with E-state index in [2.05, 4.69) is 520 Å². The summed E-state index contributed by atoms with van der Waals surface area (Å²) >= 11 is 0. The van der Waals surface area contributed by atoms with E-state index in [9.17, 15) is 0 Å². The van der Waals surface area contributed by atoms with Gasteiger partial charge in [0.2, 0.25) is 0 Å². The second-order valence-corrected chi connectivity index (χ2v) is 38.0. The van der Waals surface area contributed by atoms with Gasteiger partial charge in [0.05, 0.1) is 0 Å². The second kappa shape index (κ2) is 36.4. The minimum absolute atomic E-state index is 1.23. The molecule has 0 saturated carbocycles. The van der Waals surface area contributed by atoms with E-state index in [4.69, 9.17) is 0 Å². The van der Waals surface area contributed by atoms with Gasteiger partial charge in [-0.05, 0) is 380 Å². The smallest absolute Gasteiger partial charge is 0.000139 e. The fourth-order valence-corrected chi connectivity index (χ4v) is 22.0. The van der Waals surface area contributed by atoms with Crippen LogP contribution in [0.15, 0.2) is 437 Å². The van der Waals surface area contributed by atoms with Crippen LogP contribution in [0.2, 0.25) is 0 Å². The number of aryl methyl sites for hydroxylation is 12. The predicted molar refractivity (Wildman–Crippen MR) is 599 cm³/mol. The van der Waals surface area contributed by atoms with Crippen LogP contribution in [0.4, 0.5) is 0 Å². The van der Waals surface area contributed by atoms with Gasteiger partial charge < -0.3 is 0 Å². The summed E-state index contributed by atoms with van der Waals surface area (Å²) in [5.41, 5.74) is 46.1. The third-order valence-electron chi connectivity index (χ3n) is 29.6. The van der Waals surface area contributed by atoms with E-state index >= 15 is 0 Å². The van der Waals surface area contributed by atoms with Crippen molar-refractivity contribution in [2.75, 3.05) is 0 Å². The molecule has 0 atom stereocenters. The lowest BCUT2D eigenvalue weighted by atomic mass is 9.76. The van der Waals surface area contributed by atoms with Gasteiger partial charge in [-0.2, -0.15) is 0 Å². The van der Waals surface area contributed by atoms with Gasteiger partial charge >= 0.3 is 0 Å². The number of rotatable bonds is 12. The molecule has 0 heterocycles. The summed E-state index contributed by atoms with van der Waals surface area (Å²) in [5.74, 6) is 0. The standard InChI is InChI=1S/3C46H36/c1-29-25-37-38(26-30(29)2)42(34-19-11-6-12-20-34)46-44(36-23-15-8-16-24-36)40-28-32(4)31(3)27-39(40)43(35-21-13-7-14-22-35)45(46)41(37)33-17-9-5-10-18-33;1-29-24-25-36(26-30(29)2)44-38-23-15-14-22-37(38)41(33-16-8-5-9-17-33)45-42(34-18-10-6-11-19-34)39-27-31(3)32(4)28-40(39)43(46(44)45)35-20-12-7-13-21-35;1-29-23-25-35(27-31(29)3)43-39-21-13-11-19-37(39)42(34-17-9-6-10-18-34)46-44(36-26-24-30(2)32(4)28-36)40-22-14-12-20-38(40)41(45(43)46)33-15-7-5-8-16-33/h3*5-28H,1-4H3. The molecular formula is C138H108. The maximum atomic E-state index is 2.43. The largest absolute Gasteiger partial charge is 0.0622 e. The van der Waals surface area contributed by atoms with Crippen molar-refractivity contribution in [1.29, 1.82) is 0 Å². The molecule has 0 aliphatic heterocycles. The van der Waals surface area contributed by atoms with Crippen LogP contribution in [0.25, 0.3) is 230 Å².